The first-order valence-corrected chi connectivity index (χ1v) is 6.45. The smallest absolute Gasteiger partial charge is 0.161 e. The monoisotopic (exact) mass is 250 g/mol. The molecule has 0 spiro atoms. The van der Waals surface area contributed by atoms with E-state index in [1.807, 2.05) is 12.1 Å². The van der Waals surface area contributed by atoms with Gasteiger partial charge in [-0.3, -0.25) is 0 Å². The molecule has 0 heterocycles. The summed E-state index contributed by atoms with van der Waals surface area (Å²) >= 11 is 0. The van der Waals surface area contributed by atoms with E-state index in [1.165, 1.54) is 12.0 Å². The highest BCUT2D eigenvalue weighted by atomic mass is 16.5. The van der Waals surface area contributed by atoms with Crippen LogP contribution >= 0.6 is 0 Å². The van der Waals surface area contributed by atoms with Crippen molar-refractivity contribution in [3.8, 4) is 11.5 Å². The zero-order chi connectivity index (χ0) is 13.4. The predicted molar refractivity (Wildman–Crippen MR) is 74.1 cm³/mol. The molecule has 1 atom stereocenters. The topological polar surface area (TPSA) is 35.1 Å². The summed E-state index contributed by atoms with van der Waals surface area (Å²) in [4.78, 5) is 0. The van der Waals surface area contributed by atoms with Crippen LogP contribution < -0.4 is 14.8 Å². The van der Waals surface area contributed by atoms with Crippen molar-refractivity contribution >= 4 is 0 Å². The molecule has 2 N–H and O–H groups in total. The number of hydrogen-bond donors (Lipinski definition) is 1. The second kappa shape index (κ2) is 7.77. The van der Waals surface area contributed by atoms with Crippen LogP contribution in [0.1, 0.15) is 25.8 Å². The van der Waals surface area contributed by atoms with Gasteiger partial charge in [0.15, 0.2) is 11.5 Å². The molecule has 3 heteroatoms. The Kier molecular flexibility index (Phi) is 6.29. The van der Waals surface area contributed by atoms with E-state index in [2.05, 4.69) is 31.8 Å². The highest BCUT2D eigenvalue weighted by Crippen LogP contribution is 2.27. The first-order valence-electron chi connectivity index (χ1n) is 6.45. The molecule has 0 aliphatic carbocycles. The third kappa shape index (κ3) is 4.41. The van der Waals surface area contributed by atoms with E-state index < -0.39 is 0 Å². The number of ether oxygens (including phenoxy) is 2. The van der Waals surface area contributed by atoms with Gasteiger partial charge in [-0.2, -0.15) is 0 Å². The second-order valence-corrected chi connectivity index (χ2v) is 4.41. The SMILES string of the molecule is C=CCOc1ccc(C[NH2+][C@H](C)CC)cc1OC. The van der Waals surface area contributed by atoms with Gasteiger partial charge in [0, 0.05) is 5.56 Å². The van der Waals surface area contributed by atoms with Crippen LogP contribution in [0.25, 0.3) is 0 Å². The molecule has 0 amide bonds. The van der Waals surface area contributed by atoms with E-state index in [1.54, 1.807) is 13.2 Å². The maximum atomic E-state index is 5.53. The van der Waals surface area contributed by atoms with E-state index in [9.17, 15) is 0 Å². The first-order chi connectivity index (χ1) is 8.71. The van der Waals surface area contributed by atoms with E-state index >= 15 is 0 Å². The van der Waals surface area contributed by atoms with Crippen LogP contribution in [-0.2, 0) is 6.54 Å². The van der Waals surface area contributed by atoms with Crippen molar-refractivity contribution in [2.75, 3.05) is 13.7 Å². The fourth-order valence-corrected chi connectivity index (χ4v) is 1.61. The minimum absolute atomic E-state index is 0.495. The summed E-state index contributed by atoms with van der Waals surface area (Å²) in [7, 11) is 1.66. The van der Waals surface area contributed by atoms with Crippen molar-refractivity contribution in [2.45, 2.75) is 32.9 Å². The van der Waals surface area contributed by atoms with Crippen LogP contribution in [0.4, 0.5) is 0 Å². The van der Waals surface area contributed by atoms with Crippen molar-refractivity contribution in [3.63, 3.8) is 0 Å². The molecule has 1 rings (SSSR count). The van der Waals surface area contributed by atoms with Crippen molar-refractivity contribution in [1.29, 1.82) is 0 Å². The van der Waals surface area contributed by atoms with E-state index in [0.717, 1.165) is 18.0 Å². The van der Waals surface area contributed by atoms with Crippen LogP contribution in [0.15, 0.2) is 30.9 Å². The molecular weight excluding hydrogens is 226 g/mol. The lowest BCUT2D eigenvalue weighted by molar-refractivity contribution is -0.701. The highest BCUT2D eigenvalue weighted by Gasteiger charge is 2.07. The van der Waals surface area contributed by atoms with E-state index in [4.69, 9.17) is 9.47 Å². The van der Waals surface area contributed by atoms with Crippen LogP contribution in [0, 0.1) is 0 Å². The molecule has 0 bridgehead atoms. The minimum Gasteiger partial charge on any atom is -0.493 e. The molecule has 0 aliphatic rings. The molecule has 0 saturated heterocycles. The summed E-state index contributed by atoms with van der Waals surface area (Å²) in [5, 5.41) is 2.33. The Bertz CT molecular complexity index is 377. The zero-order valence-corrected chi connectivity index (χ0v) is 11.6. The Hall–Kier alpha value is -1.48. The van der Waals surface area contributed by atoms with Gasteiger partial charge in [0.2, 0.25) is 0 Å². The fraction of sp³-hybridized carbons (Fsp3) is 0.467. The normalized spacial score (nSPS) is 11.9. The number of rotatable bonds is 8. The van der Waals surface area contributed by atoms with Gasteiger partial charge in [0.25, 0.3) is 0 Å². The van der Waals surface area contributed by atoms with Crippen LogP contribution in [0.5, 0.6) is 11.5 Å². The molecule has 0 aromatic heterocycles. The lowest BCUT2D eigenvalue weighted by atomic mass is 10.1. The van der Waals surface area contributed by atoms with Gasteiger partial charge in [-0.15, -0.1) is 0 Å². The lowest BCUT2D eigenvalue weighted by Crippen LogP contribution is -2.87. The summed E-state index contributed by atoms with van der Waals surface area (Å²) in [5.74, 6) is 1.55. The number of nitrogens with two attached hydrogens (primary N) is 1. The van der Waals surface area contributed by atoms with Crippen LogP contribution in [0.3, 0.4) is 0 Å². The average Bonchev–Trinajstić information content (AvgIpc) is 2.42. The standard InChI is InChI=1S/C15H23NO2/c1-5-9-18-14-8-7-13(10-15(14)17-4)11-16-12(3)6-2/h5,7-8,10,12,16H,1,6,9,11H2,2-4H3/p+1/t12-/m1/s1. The Balaban J connectivity index is 2.68. The van der Waals surface area contributed by atoms with Gasteiger partial charge in [-0.1, -0.05) is 19.6 Å². The maximum absolute atomic E-state index is 5.53. The molecule has 1 aromatic rings. The molecule has 100 valence electrons. The number of hydrogen-bond acceptors (Lipinski definition) is 2. The summed E-state index contributed by atoms with van der Waals surface area (Å²) in [5.41, 5.74) is 1.25. The van der Waals surface area contributed by atoms with Gasteiger partial charge in [-0.05, 0) is 31.5 Å². The van der Waals surface area contributed by atoms with E-state index in [-0.39, 0.29) is 0 Å². The number of quaternary nitrogens is 1. The fourth-order valence-electron chi connectivity index (χ4n) is 1.61. The van der Waals surface area contributed by atoms with Crippen LogP contribution in [0.2, 0.25) is 0 Å². The van der Waals surface area contributed by atoms with Gasteiger partial charge >= 0.3 is 0 Å². The van der Waals surface area contributed by atoms with Gasteiger partial charge in [-0.25, -0.2) is 0 Å². The van der Waals surface area contributed by atoms with Crippen LogP contribution in [-0.4, -0.2) is 19.8 Å². The van der Waals surface area contributed by atoms with Gasteiger partial charge < -0.3 is 14.8 Å². The largest absolute Gasteiger partial charge is 0.493 e. The van der Waals surface area contributed by atoms with Crippen molar-refractivity contribution in [3.05, 3.63) is 36.4 Å². The third-order valence-electron chi connectivity index (χ3n) is 2.98. The second-order valence-electron chi connectivity index (χ2n) is 4.41. The molecule has 0 radical (unpaired) electrons. The Morgan fingerprint density at radius 3 is 2.78 bits per heavy atom. The highest BCUT2D eigenvalue weighted by molar-refractivity contribution is 5.42. The van der Waals surface area contributed by atoms with Gasteiger partial charge in [0.05, 0.1) is 13.2 Å². The first kappa shape index (κ1) is 14.6. The lowest BCUT2D eigenvalue weighted by Gasteiger charge is -2.12. The number of benzene rings is 1. The summed E-state index contributed by atoms with van der Waals surface area (Å²) in [6.07, 6.45) is 2.90. The van der Waals surface area contributed by atoms with Gasteiger partial charge in [0.1, 0.15) is 13.2 Å². The Labute approximate surface area is 110 Å². The summed E-state index contributed by atoms with van der Waals surface area (Å²) in [6.45, 7) is 9.53. The molecule has 1 aromatic carbocycles. The molecule has 18 heavy (non-hydrogen) atoms. The van der Waals surface area contributed by atoms with E-state index in [0.29, 0.717) is 12.6 Å². The molecule has 0 fully saturated rings. The quantitative estimate of drug-likeness (QED) is 0.717. The maximum Gasteiger partial charge on any atom is 0.161 e. The Morgan fingerprint density at radius 2 is 2.17 bits per heavy atom. The minimum atomic E-state index is 0.495. The molecular formula is C15H24NO2+. The molecule has 0 saturated carbocycles. The third-order valence-corrected chi connectivity index (χ3v) is 2.98. The van der Waals surface area contributed by atoms with Crippen molar-refractivity contribution < 1.29 is 14.8 Å². The average molecular weight is 250 g/mol. The Morgan fingerprint density at radius 1 is 1.39 bits per heavy atom. The van der Waals surface area contributed by atoms with Crippen molar-refractivity contribution in [1.82, 2.24) is 0 Å². The van der Waals surface area contributed by atoms with Crippen molar-refractivity contribution in [2.24, 2.45) is 0 Å². The zero-order valence-electron chi connectivity index (χ0n) is 11.6. The molecule has 3 nitrogen and oxygen atoms in total. The summed E-state index contributed by atoms with van der Waals surface area (Å²) < 4.78 is 10.9. The predicted octanol–water partition coefficient (Wildman–Crippen LogP) is 2.12. The summed E-state index contributed by atoms with van der Waals surface area (Å²) in [6, 6.07) is 6.73. The molecule has 0 unspecified atom stereocenters. The number of methoxy groups -OCH3 is 1. The molecule has 0 aliphatic heterocycles.